The maximum atomic E-state index is 11.6. The molecule has 0 aromatic carbocycles. The average Bonchev–Trinajstić information content (AvgIpc) is 2.41. The van der Waals surface area contributed by atoms with Gasteiger partial charge in [-0.1, -0.05) is 6.92 Å². The molecule has 0 aliphatic carbocycles. The summed E-state index contributed by atoms with van der Waals surface area (Å²) >= 11 is 0. The van der Waals surface area contributed by atoms with Crippen molar-refractivity contribution in [1.82, 2.24) is 4.90 Å². The van der Waals surface area contributed by atoms with Gasteiger partial charge in [0.15, 0.2) is 0 Å². The van der Waals surface area contributed by atoms with E-state index in [2.05, 4.69) is 13.8 Å². The summed E-state index contributed by atoms with van der Waals surface area (Å²) in [6.45, 7) is 5.88. The Morgan fingerprint density at radius 1 is 1.54 bits per heavy atom. The highest BCUT2D eigenvalue weighted by Gasteiger charge is 2.28. The largest absolute Gasteiger partial charge is 0.340 e. The zero-order valence-corrected chi connectivity index (χ0v) is 8.62. The van der Waals surface area contributed by atoms with Gasteiger partial charge in [0.25, 0.3) is 0 Å². The first-order chi connectivity index (χ1) is 6.15. The number of nitrogens with zero attached hydrogens (tertiary/aromatic N) is 1. The maximum absolute atomic E-state index is 11.6. The van der Waals surface area contributed by atoms with Crippen LogP contribution in [0.2, 0.25) is 0 Å². The number of nitrogens with two attached hydrogens (primary N) is 1. The summed E-state index contributed by atoms with van der Waals surface area (Å²) in [4.78, 5) is 13.6. The average molecular weight is 184 g/mol. The van der Waals surface area contributed by atoms with Gasteiger partial charge in [0.2, 0.25) is 5.91 Å². The zero-order chi connectivity index (χ0) is 9.84. The van der Waals surface area contributed by atoms with Gasteiger partial charge in [-0.2, -0.15) is 0 Å². The molecule has 2 atom stereocenters. The van der Waals surface area contributed by atoms with Crippen molar-refractivity contribution in [2.75, 3.05) is 13.1 Å². The molecule has 2 N–H and O–H groups in total. The molecule has 1 saturated heterocycles. The zero-order valence-electron chi connectivity index (χ0n) is 8.62. The van der Waals surface area contributed by atoms with Crippen molar-refractivity contribution >= 4 is 5.91 Å². The van der Waals surface area contributed by atoms with Gasteiger partial charge in [-0.15, -0.1) is 0 Å². The van der Waals surface area contributed by atoms with E-state index in [0.717, 1.165) is 19.4 Å². The Morgan fingerprint density at radius 2 is 2.23 bits per heavy atom. The summed E-state index contributed by atoms with van der Waals surface area (Å²) in [5.41, 5.74) is 5.37. The van der Waals surface area contributed by atoms with E-state index < -0.39 is 0 Å². The molecule has 1 heterocycles. The van der Waals surface area contributed by atoms with Crippen LogP contribution in [0.4, 0.5) is 0 Å². The summed E-state index contributed by atoms with van der Waals surface area (Å²) in [6, 6.07) is 0.431. The van der Waals surface area contributed by atoms with Crippen molar-refractivity contribution in [3.8, 4) is 0 Å². The van der Waals surface area contributed by atoms with Crippen molar-refractivity contribution in [1.29, 1.82) is 0 Å². The second-order valence-electron chi connectivity index (χ2n) is 4.13. The van der Waals surface area contributed by atoms with E-state index in [-0.39, 0.29) is 5.91 Å². The van der Waals surface area contributed by atoms with E-state index in [1.807, 2.05) is 4.90 Å². The molecule has 1 rings (SSSR count). The molecule has 13 heavy (non-hydrogen) atoms. The Labute approximate surface area is 80.3 Å². The number of amides is 1. The van der Waals surface area contributed by atoms with Crippen LogP contribution in [-0.2, 0) is 4.79 Å². The Balaban J connectivity index is 2.38. The molecule has 0 bridgehead atoms. The van der Waals surface area contributed by atoms with Crippen molar-refractivity contribution in [3.63, 3.8) is 0 Å². The van der Waals surface area contributed by atoms with E-state index in [1.54, 1.807) is 0 Å². The number of hydrogen-bond acceptors (Lipinski definition) is 2. The summed E-state index contributed by atoms with van der Waals surface area (Å²) in [6.07, 6.45) is 2.58. The van der Waals surface area contributed by atoms with E-state index in [0.29, 0.717) is 24.9 Å². The lowest BCUT2D eigenvalue weighted by Crippen LogP contribution is -2.34. The predicted molar refractivity (Wildman–Crippen MR) is 53.2 cm³/mol. The molecule has 2 unspecified atom stereocenters. The van der Waals surface area contributed by atoms with Crippen LogP contribution in [0.3, 0.4) is 0 Å². The topological polar surface area (TPSA) is 46.3 Å². The summed E-state index contributed by atoms with van der Waals surface area (Å²) in [5.74, 6) is 0.944. The van der Waals surface area contributed by atoms with E-state index in [4.69, 9.17) is 5.73 Å². The fourth-order valence-corrected chi connectivity index (χ4v) is 2.04. The molecule has 0 saturated carbocycles. The number of rotatable bonds is 3. The van der Waals surface area contributed by atoms with Gasteiger partial charge in [0.1, 0.15) is 0 Å². The standard InChI is InChI=1S/C10H20N2O/c1-8-6-9(2)12(7-8)10(13)4-3-5-11/h8-9H,3-7,11H2,1-2H3. The summed E-state index contributed by atoms with van der Waals surface area (Å²) in [5, 5.41) is 0. The minimum atomic E-state index is 0.280. The van der Waals surface area contributed by atoms with Gasteiger partial charge < -0.3 is 10.6 Å². The fraction of sp³-hybridized carbons (Fsp3) is 0.900. The monoisotopic (exact) mass is 184 g/mol. The van der Waals surface area contributed by atoms with Crippen molar-refractivity contribution in [2.24, 2.45) is 11.7 Å². The molecule has 0 aromatic rings. The Hall–Kier alpha value is -0.570. The normalized spacial score (nSPS) is 28.1. The van der Waals surface area contributed by atoms with Crippen LogP contribution in [-0.4, -0.2) is 29.9 Å². The number of hydrogen-bond donors (Lipinski definition) is 1. The highest BCUT2D eigenvalue weighted by Crippen LogP contribution is 2.22. The molecule has 1 aliphatic rings. The smallest absolute Gasteiger partial charge is 0.222 e. The van der Waals surface area contributed by atoms with Crippen LogP contribution in [0, 0.1) is 5.92 Å². The lowest BCUT2D eigenvalue weighted by Gasteiger charge is -2.21. The Bertz CT molecular complexity index is 182. The molecule has 1 amide bonds. The van der Waals surface area contributed by atoms with E-state index in [1.165, 1.54) is 0 Å². The van der Waals surface area contributed by atoms with Crippen LogP contribution in [0.1, 0.15) is 33.1 Å². The lowest BCUT2D eigenvalue weighted by atomic mass is 10.1. The molecular formula is C10H20N2O. The van der Waals surface area contributed by atoms with Crippen LogP contribution >= 0.6 is 0 Å². The molecule has 0 radical (unpaired) electrons. The van der Waals surface area contributed by atoms with Gasteiger partial charge in [-0.05, 0) is 32.2 Å². The van der Waals surface area contributed by atoms with Crippen LogP contribution in [0.5, 0.6) is 0 Å². The highest BCUT2D eigenvalue weighted by molar-refractivity contribution is 5.76. The molecule has 1 fully saturated rings. The predicted octanol–water partition coefficient (Wildman–Crippen LogP) is 0.982. The van der Waals surface area contributed by atoms with Crippen molar-refractivity contribution in [3.05, 3.63) is 0 Å². The molecular weight excluding hydrogens is 164 g/mol. The van der Waals surface area contributed by atoms with Crippen molar-refractivity contribution in [2.45, 2.75) is 39.2 Å². The quantitative estimate of drug-likeness (QED) is 0.710. The SMILES string of the molecule is CC1CC(C)N(C(=O)CCCN)C1. The number of likely N-dealkylation sites (tertiary alicyclic amines) is 1. The molecule has 0 aromatic heterocycles. The minimum Gasteiger partial charge on any atom is -0.340 e. The summed E-state index contributed by atoms with van der Waals surface area (Å²) in [7, 11) is 0. The second kappa shape index (κ2) is 4.61. The first-order valence-corrected chi connectivity index (χ1v) is 5.14. The van der Waals surface area contributed by atoms with Gasteiger partial charge in [-0.25, -0.2) is 0 Å². The Kier molecular flexibility index (Phi) is 3.72. The first-order valence-electron chi connectivity index (χ1n) is 5.14. The highest BCUT2D eigenvalue weighted by atomic mass is 16.2. The van der Waals surface area contributed by atoms with Gasteiger partial charge in [-0.3, -0.25) is 4.79 Å². The molecule has 76 valence electrons. The second-order valence-corrected chi connectivity index (χ2v) is 4.13. The number of carbonyl (C=O) groups is 1. The van der Waals surface area contributed by atoms with Crippen molar-refractivity contribution < 1.29 is 4.79 Å². The third kappa shape index (κ3) is 2.69. The fourth-order valence-electron chi connectivity index (χ4n) is 2.04. The van der Waals surface area contributed by atoms with Crippen LogP contribution < -0.4 is 5.73 Å². The van der Waals surface area contributed by atoms with Gasteiger partial charge in [0, 0.05) is 19.0 Å². The molecule has 0 spiro atoms. The van der Waals surface area contributed by atoms with Gasteiger partial charge in [0.05, 0.1) is 0 Å². The van der Waals surface area contributed by atoms with Gasteiger partial charge >= 0.3 is 0 Å². The van der Waals surface area contributed by atoms with E-state index >= 15 is 0 Å². The van der Waals surface area contributed by atoms with E-state index in [9.17, 15) is 4.79 Å². The molecule has 3 nitrogen and oxygen atoms in total. The third-order valence-electron chi connectivity index (χ3n) is 2.70. The third-order valence-corrected chi connectivity index (χ3v) is 2.70. The number of carbonyl (C=O) groups excluding carboxylic acids is 1. The Morgan fingerprint density at radius 3 is 2.69 bits per heavy atom. The molecule has 3 heteroatoms. The first kappa shape index (κ1) is 10.5. The van der Waals surface area contributed by atoms with Crippen LogP contribution in [0.15, 0.2) is 0 Å². The maximum Gasteiger partial charge on any atom is 0.222 e. The summed E-state index contributed by atoms with van der Waals surface area (Å²) < 4.78 is 0. The van der Waals surface area contributed by atoms with Crippen LogP contribution in [0.25, 0.3) is 0 Å². The minimum absolute atomic E-state index is 0.280. The molecule has 1 aliphatic heterocycles. The lowest BCUT2D eigenvalue weighted by molar-refractivity contribution is -0.131.